The summed E-state index contributed by atoms with van der Waals surface area (Å²) in [7, 11) is 1.53. The zero-order valence-corrected chi connectivity index (χ0v) is 17.5. The van der Waals surface area contributed by atoms with Gasteiger partial charge in [0.1, 0.15) is 5.69 Å². The Morgan fingerprint density at radius 2 is 1.88 bits per heavy atom. The molecular formula is C23H21N5O4. The summed E-state index contributed by atoms with van der Waals surface area (Å²) in [5.41, 5.74) is 11.9. The van der Waals surface area contributed by atoms with Crippen molar-refractivity contribution >= 4 is 34.5 Å². The van der Waals surface area contributed by atoms with Crippen LogP contribution in [0, 0.1) is 0 Å². The summed E-state index contributed by atoms with van der Waals surface area (Å²) in [6.45, 7) is 1.73. The fourth-order valence-corrected chi connectivity index (χ4v) is 3.93. The van der Waals surface area contributed by atoms with Crippen LogP contribution in [0.4, 0.5) is 0 Å². The number of fused-ring (bicyclic) bond motifs is 1. The minimum Gasteiger partial charge on any atom is -0.477 e. The first-order chi connectivity index (χ1) is 15.1. The van der Waals surface area contributed by atoms with E-state index in [0.717, 1.165) is 0 Å². The van der Waals surface area contributed by atoms with E-state index in [1.165, 1.54) is 24.1 Å². The Labute approximate surface area is 183 Å². The van der Waals surface area contributed by atoms with Gasteiger partial charge in [0, 0.05) is 23.6 Å². The van der Waals surface area contributed by atoms with Gasteiger partial charge in [0.05, 0.1) is 17.7 Å². The Morgan fingerprint density at radius 3 is 2.53 bits per heavy atom. The van der Waals surface area contributed by atoms with Gasteiger partial charge in [-0.3, -0.25) is 14.5 Å². The van der Waals surface area contributed by atoms with E-state index in [1.54, 1.807) is 31.2 Å². The number of pyridine rings is 1. The van der Waals surface area contributed by atoms with Gasteiger partial charge >= 0.3 is 5.97 Å². The molecule has 2 aromatic carbocycles. The number of aromatic nitrogens is 1. The number of guanidine groups is 1. The van der Waals surface area contributed by atoms with Crippen LogP contribution < -0.4 is 11.5 Å². The first-order valence-corrected chi connectivity index (χ1v) is 9.80. The van der Waals surface area contributed by atoms with E-state index in [9.17, 15) is 19.5 Å². The first-order valence-electron chi connectivity index (χ1n) is 9.80. The molecule has 0 saturated carbocycles. The van der Waals surface area contributed by atoms with Crippen molar-refractivity contribution < 1.29 is 19.5 Å². The molecule has 1 atom stereocenters. The molecule has 9 nitrogen and oxygen atoms in total. The molecule has 1 aromatic heterocycles. The molecule has 162 valence electrons. The molecular weight excluding hydrogens is 410 g/mol. The molecule has 0 bridgehead atoms. The monoisotopic (exact) mass is 431 g/mol. The molecule has 3 aromatic rings. The van der Waals surface area contributed by atoms with E-state index in [0.29, 0.717) is 27.6 Å². The molecule has 1 aliphatic rings. The van der Waals surface area contributed by atoms with Crippen molar-refractivity contribution in [3.8, 4) is 11.3 Å². The average Bonchev–Trinajstić information content (AvgIpc) is 2.76. The standard InChI is InChI=1S/C23H21N5O4/c1-23(11-18(29)28(2)22(25)27-23)16-9-13(20(24)30)7-8-15(16)19-14-6-4-3-5-12(14)10-17(26-19)21(31)32/h3-10H,11H2,1-2H3,(H2,24,30)(H2,25,27)(H,31,32)/t23-/m1/s1. The van der Waals surface area contributed by atoms with Crippen molar-refractivity contribution in [2.75, 3.05) is 7.05 Å². The molecule has 2 heterocycles. The van der Waals surface area contributed by atoms with Crippen molar-refractivity contribution in [3.63, 3.8) is 0 Å². The van der Waals surface area contributed by atoms with E-state index in [4.69, 9.17) is 11.5 Å². The maximum atomic E-state index is 12.6. The van der Waals surface area contributed by atoms with Gasteiger partial charge in [-0.25, -0.2) is 14.8 Å². The predicted molar refractivity (Wildman–Crippen MR) is 119 cm³/mol. The second kappa shape index (κ2) is 7.45. The van der Waals surface area contributed by atoms with Gasteiger partial charge in [0.15, 0.2) is 5.96 Å². The number of carbonyl (C=O) groups excluding carboxylic acids is 2. The predicted octanol–water partition coefficient (Wildman–Crippen LogP) is 2.09. The molecule has 1 aliphatic heterocycles. The van der Waals surface area contributed by atoms with E-state index in [-0.39, 0.29) is 29.5 Å². The third kappa shape index (κ3) is 3.43. The quantitative estimate of drug-likeness (QED) is 0.575. The molecule has 5 N–H and O–H groups in total. The lowest BCUT2D eigenvalue weighted by Crippen LogP contribution is -2.47. The van der Waals surface area contributed by atoms with Crippen LogP contribution in [0.3, 0.4) is 0 Å². The second-order valence-corrected chi connectivity index (χ2v) is 7.88. The van der Waals surface area contributed by atoms with Gasteiger partial charge in [-0.15, -0.1) is 0 Å². The number of carbonyl (C=O) groups is 3. The van der Waals surface area contributed by atoms with Crippen LogP contribution in [0.5, 0.6) is 0 Å². The second-order valence-electron chi connectivity index (χ2n) is 7.88. The van der Waals surface area contributed by atoms with Crippen molar-refractivity contribution in [1.82, 2.24) is 9.88 Å². The molecule has 32 heavy (non-hydrogen) atoms. The topological polar surface area (TPSA) is 152 Å². The number of aromatic carboxylic acids is 1. The Bertz CT molecular complexity index is 1330. The van der Waals surface area contributed by atoms with Gasteiger partial charge in [0.25, 0.3) is 0 Å². The van der Waals surface area contributed by atoms with E-state index in [2.05, 4.69) is 9.98 Å². The molecule has 0 fully saturated rings. The van der Waals surface area contributed by atoms with Gasteiger partial charge < -0.3 is 16.6 Å². The fraction of sp³-hybridized carbons (Fsp3) is 0.174. The number of aliphatic imine (C=N–C) groups is 1. The third-order valence-electron chi connectivity index (χ3n) is 5.67. The van der Waals surface area contributed by atoms with Crippen LogP contribution in [0.2, 0.25) is 0 Å². The summed E-state index contributed by atoms with van der Waals surface area (Å²) in [6.07, 6.45) is -0.00400. The van der Waals surface area contributed by atoms with Gasteiger partial charge in [-0.05, 0) is 36.1 Å². The summed E-state index contributed by atoms with van der Waals surface area (Å²) in [4.78, 5) is 46.4. The maximum absolute atomic E-state index is 12.6. The largest absolute Gasteiger partial charge is 0.477 e. The van der Waals surface area contributed by atoms with Crippen LogP contribution in [-0.2, 0) is 10.3 Å². The minimum atomic E-state index is -1.17. The number of carboxylic acids is 1. The number of hydrogen-bond donors (Lipinski definition) is 3. The van der Waals surface area contributed by atoms with Crippen molar-refractivity contribution in [1.29, 1.82) is 0 Å². The number of primary amides is 1. The summed E-state index contributed by atoms with van der Waals surface area (Å²) < 4.78 is 0. The number of carboxylic acid groups (broad SMARTS) is 1. The maximum Gasteiger partial charge on any atom is 0.354 e. The minimum absolute atomic E-state index is 0.00400. The molecule has 0 unspecified atom stereocenters. The summed E-state index contributed by atoms with van der Waals surface area (Å²) >= 11 is 0. The van der Waals surface area contributed by atoms with Crippen molar-refractivity contribution in [2.24, 2.45) is 16.5 Å². The van der Waals surface area contributed by atoms with Crippen LogP contribution in [0.25, 0.3) is 22.0 Å². The highest BCUT2D eigenvalue weighted by Crippen LogP contribution is 2.41. The Balaban J connectivity index is 2.07. The molecule has 2 amide bonds. The summed E-state index contributed by atoms with van der Waals surface area (Å²) in [5, 5.41) is 11.0. The van der Waals surface area contributed by atoms with Crippen molar-refractivity contribution in [2.45, 2.75) is 18.9 Å². The van der Waals surface area contributed by atoms with E-state index < -0.39 is 17.4 Å². The zero-order chi connectivity index (χ0) is 23.2. The molecule has 4 rings (SSSR count). The van der Waals surface area contributed by atoms with E-state index >= 15 is 0 Å². The Kier molecular flexibility index (Phi) is 4.89. The highest BCUT2D eigenvalue weighted by Gasteiger charge is 2.38. The smallest absolute Gasteiger partial charge is 0.354 e. The molecule has 9 heteroatoms. The fourth-order valence-electron chi connectivity index (χ4n) is 3.93. The molecule has 0 spiro atoms. The average molecular weight is 431 g/mol. The lowest BCUT2D eigenvalue weighted by atomic mass is 9.82. The lowest BCUT2D eigenvalue weighted by Gasteiger charge is -2.35. The van der Waals surface area contributed by atoms with Crippen LogP contribution in [0.15, 0.2) is 53.5 Å². The zero-order valence-electron chi connectivity index (χ0n) is 17.5. The van der Waals surface area contributed by atoms with Gasteiger partial charge in [-0.2, -0.15) is 0 Å². The molecule has 0 radical (unpaired) electrons. The summed E-state index contributed by atoms with van der Waals surface area (Å²) in [6, 6.07) is 13.5. The normalized spacial score (nSPS) is 18.5. The van der Waals surface area contributed by atoms with Gasteiger partial charge in [-0.1, -0.05) is 30.3 Å². The number of hydrogen-bond acceptors (Lipinski definition) is 6. The first kappa shape index (κ1) is 21.0. The highest BCUT2D eigenvalue weighted by molar-refractivity contribution is 6.02. The third-order valence-corrected chi connectivity index (χ3v) is 5.67. The number of rotatable bonds is 4. The van der Waals surface area contributed by atoms with Crippen LogP contribution in [0.1, 0.15) is 39.8 Å². The molecule has 0 aliphatic carbocycles. The number of amides is 2. The lowest BCUT2D eigenvalue weighted by molar-refractivity contribution is -0.128. The van der Waals surface area contributed by atoms with Gasteiger partial charge in [0.2, 0.25) is 11.8 Å². The van der Waals surface area contributed by atoms with E-state index in [1.807, 2.05) is 12.1 Å². The highest BCUT2D eigenvalue weighted by atomic mass is 16.4. The van der Waals surface area contributed by atoms with Crippen molar-refractivity contribution in [3.05, 3.63) is 65.4 Å². The van der Waals surface area contributed by atoms with Crippen LogP contribution in [-0.4, -0.2) is 45.8 Å². The number of nitrogens with two attached hydrogens (primary N) is 2. The SMILES string of the molecule is CN1C(=O)C[C@](C)(c2cc(C(N)=O)ccc2-c2nc(C(=O)O)cc3ccccc23)N=C1N. The number of nitrogens with zero attached hydrogens (tertiary/aromatic N) is 3. The van der Waals surface area contributed by atoms with Crippen LogP contribution >= 0.6 is 0 Å². The summed E-state index contributed by atoms with van der Waals surface area (Å²) in [5.74, 6) is -2.02. The Morgan fingerprint density at radius 1 is 1.16 bits per heavy atom. The Hall–Kier alpha value is -4.27. The number of benzene rings is 2. The molecule has 0 saturated heterocycles.